The van der Waals surface area contributed by atoms with E-state index in [-0.39, 0.29) is 23.4 Å². The lowest BCUT2D eigenvalue weighted by atomic mass is 10.2. The highest BCUT2D eigenvalue weighted by Gasteiger charge is 2.15. The van der Waals surface area contributed by atoms with Gasteiger partial charge in [0.1, 0.15) is 10.7 Å². The minimum Gasteiger partial charge on any atom is -0.454 e. The van der Waals surface area contributed by atoms with Crippen molar-refractivity contribution in [1.82, 2.24) is 4.98 Å². The molecule has 0 spiro atoms. The third-order valence-corrected chi connectivity index (χ3v) is 3.15. The third kappa shape index (κ3) is 2.77. The molecule has 3 N–H and O–H groups in total. The second-order valence-corrected chi connectivity index (χ2v) is 4.76. The summed E-state index contributed by atoms with van der Waals surface area (Å²) in [7, 11) is 0. The smallest absolute Gasteiger partial charge is 0.274 e. The van der Waals surface area contributed by atoms with Crippen LogP contribution in [0.1, 0.15) is 16.1 Å². The van der Waals surface area contributed by atoms with Crippen molar-refractivity contribution < 1.29 is 14.3 Å². The van der Waals surface area contributed by atoms with Crippen molar-refractivity contribution in [1.29, 1.82) is 0 Å². The first-order chi connectivity index (χ1) is 10.1. The van der Waals surface area contributed by atoms with E-state index in [0.29, 0.717) is 22.7 Å². The fourth-order valence-corrected chi connectivity index (χ4v) is 1.96. The van der Waals surface area contributed by atoms with Gasteiger partial charge in [0.25, 0.3) is 5.91 Å². The van der Waals surface area contributed by atoms with Gasteiger partial charge in [-0.3, -0.25) is 9.78 Å². The van der Waals surface area contributed by atoms with Crippen LogP contribution in [-0.2, 0) is 0 Å². The monoisotopic (exact) mass is 301 g/mol. The quantitative estimate of drug-likeness (QED) is 0.839. The van der Waals surface area contributed by atoms with E-state index >= 15 is 0 Å². The van der Waals surface area contributed by atoms with E-state index in [1.54, 1.807) is 30.3 Å². The number of aromatic nitrogens is 1. The average molecular weight is 301 g/mol. The Bertz CT molecular complexity index is 716. The Morgan fingerprint density at radius 3 is 2.76 bits per heavy atom. The van der Waals surface area contributed by atoms with Crippen LogP contribution in [-0.4, -0.2) is 22.7 Å². The zero-order valence-corrected chi connectivity index (χ0v) is 11.6. The first-order valence-electron chi connectivity index (χ1n) is 6.10. The molecule has 3 rings (SSSR count). The number of nitrogens with one attached hydrogen (secondary N) is 1. The molecule has 6 nitrogen and oxygen atoms in total. The fourth-order valence-electron chi connectivity index (χ4n) is 1.84. The average Bonchev–Trinajstić information content (AvgIpc) is 2.95. The van der Waals surface area contributed by atoms with Crippen LogP contribution in [0.3, 0.4) is 0 Å². The number of anilines is 1. The van der Waals surface area contributed by atoms with E-state index in [1.807, 2.05) is 0 Å². The number of hydrogen-bond donors (Lipinski definition) is 2. The maximum atomic E-state index is 12.1. The van der Waals surface area contributed by atoms with Gasteiger partial charge in [-0.1, -0.05) is 12.2 Å². The van der Waals surface area contributed by atoms with Gasteiger partial charge in [-0.05, 0) is 24.3 Å². The molecule has 2 heterocycles. The zero-order chi connectivity index (χ0) is 14.8. The van der Waals surface area contributed by atoms with E-state index in [0.717, 1.165) is 0 Å². The van der Waals surface area contributed by atoms with Crippen LogP contribution in [0.15, 0.2) is 36.5 Å². The Morgan fingerprint density at radius 1 is 1.24 bits per heavy atom. The number of benzene rings is 1. The van der Waals surface area contributed by atoms with Crippen LogP contribution >= 0.6 is 12.2 Å². The van der Waals surface area contributed by atoms with Crippen LogP contribution in [0.25, 0.3) is 0 Å². The van der Waals surface area contributed by atoms with Crippen LogP contribution in [0.2, 0.25) is 0 Å². The van der Waals surface area contributed by atoms with Crippen molar-refractivity contribution in [3.63, 3.8) is 0 Å². The van der Waals surface area contributed by atoms with Crippen LogP contribution in [0.5, 0.6) is 11.5 Å². The molecule has 0 saturated heterocycles. The molecule has 0 aliphatic carbocycles. The Labute approximate surface area is 125 Å². The number of pyridine rings is 1. The number of amides is 1. The highest BCUT2D eigenvalue weighted by atomic mass is 32.1. The molecule has 1 amide bonds. The number of hydrogen-bond acceptors (Lipinski definition) is 5. The van der Waals surface area contributed by atoms with Gasteiger partial charge < -0.3 is 20.5 Å². The number of fused-ring (bicyclic) bond motifs is 1. The van der Waals surface area contributed by atoms with Crippen LogP contribution < -0.4 is 20.5 Å². The lowest BCUT2D eigenvalue weighted by molar-refractivity contribution is 0.102. The van der Waals surface area contributed by atoms with Crippen molar-refractivity contribution >= 4 is 28.8 Å². The largest absolute Gasteiger partial charge is 0.454 e. The highest BCUT2D eigenvalue weighted by molar-refractivity contribution is 7.80. The van der Waals surface area contributed by atoms with Crippen molar-refractivity contribution in [2.75, 3.05) is 12.1 Å². The lowest BCUT2D eigenvalue weighted by Gasteiger charge is -2.06. The number of rotatable bonds is 3. The summed E-state index contributed by atoms with van der Waals surface area (Å²) in [6.07, 6.45) is 1.47. The van der Waals surface area contributed by atoms with Gasteiger partial charge in [-0.25, -0.2) is 0 Å². The molecular formula is C14H11N3O3S. The van der Waals surface area contributed by atoms with E-state index in [4.69, 9.17) is 27.4 Å². The minimum atomic E-state index is -0.330. The second kappa shape index (κ2) is 5.37. The van der Waals surface area contributed by atoms with Gasteiger partial charge in [0.05, 0.1) is 0 Å². The second-order valence-electron chi connectivity index (χ2n) is 4.32. The van der Waals surface area contributed by atoms with E-state index < -0.39 is 0 Å². The maximum absolute atomic E-state index is 12.1. The molecule has 0 fully saturated rings. The SMILES string of the molecule is NC(=S)c1ccc(C(=O)Nc2ccc3c(c2)OCO3)nc1. The molecule has 21 heavy (non-hydrogen) atoms. The van der Waals surface area contributed by atoms with Gasteiger partial charge in [0, 0.05) is 23.5 Å². The van der Waals surface area contributed by atoms with Gasteiger partial charge in [0.15, 0.2) is 11.5 Å². The third-order valence-electron chi connectivity index (χ3n) is 2.91. The summed E-state index contributed by atoms with van der Waals surface area (Å²) in [5, 5.41) is 2.74. The molecule has 1 aliphatic heterocycles. The number of ether oxygens (including phenoxy) is 2. The summed E-state index contributed by atoms with van der Waals surface area (Å²) in [6, 6.07) is 8.39. The minimum absolute atomic E-state index is 0.189. The van der Waals surface area contributed by atoms with E-state index in [2.05, 4.69) is 10.3 Å². The van der Waals surface area contributed by atoms with Gasteiger partial charge in [-0.15, -0.1) is 0 Å². The summed E-state index contributed by atoms with van der Waals surface area (Å²) in [5.74, 6) is 0.930. The molecule has 1 aromatic heterocycles. The van der Waals surface area contributed by atoms with Crippen LogP contribution in [0.4, 0.5) is 5.69 Å². The van der Waals surface area contributed by atoms with E-state index in [9.17, 15) is 4.79 Å². The van der Waals surface area contributed by atoms with Crippen molar-refractivity contribution in [2.45, 2.75) is 0 Å². The first kappa shape index (κ1) is 13.3. The van der Waals surface area contributed by atoms with Gasteiger partial charge >= 0.3 is 0 Å². The molecule has 0 saturated carbocycles. The molecule has 1 aromatic carbocycles. The Hall–Kier alpha value is -2.67. The summed E-state index contributed by atoms with van der Waals surface area (Å²) in [5.41, 5.74) is 6.97. The van der Waals surface area contributed by atoms with Crippen molar-refractivity contribution in [3.05, 3.63) is 47.8 Å². The molecule has 0 radical (unpaired) electrons. The summed E-state index contributed by atoms with van der Waals surface area (Å²) in [6.45, 7) is 0.189. The number of carbonyl (C=O) groups is 1. The predicted molar refractivity (Wildman–Crippen MR) is 80.6 cm³/mol. The van der Waals surface area contributed by atoms with Crippen molar-refractivity contribution in [2.24, 2.45) is 5.73 Å². The molecular weight excluding hydrogens is 290 g/mol. The maximum Gasteiger partial charge on any atom is 0.274 e. The summed E-state index contributed by atoms with van der Waals surface area (Å²) < 4.78 is 10.5. The molecule has 0 atom stereocenters. The first-order valence-corrected chi connectivity index (χ1v) is 6.51. The Kier molecular flexibility index (Phi) is 3.41. The molecule has 106 valence electrons. The van der Waals surface area contributed by atoms with Gasteiger partial charge in [-0.2, -0.15) is 0 Å². The number of nitrogens with zero attached hydrogens (tertiary/aromatic N) is 1. The van der Waals surface area contributed by atoms with Gasteiger partial charge in [0.2, 0.25) is 6.79 Å². The van der Waals surface area contributed by atoms with E-state index in [1.165, 1.54) is 6.20 Å². The summed E-state index contributed by atoms with van der Waals surface area (Å²) >= 11 is 4.83. The standard InChI is InChI=1S/C14H11N3O3S/c15-13(21)8-1-3-10(16-6-8)14(18)17-9-2-4-11-12(5-9)20-7-19-11/h1-6H,7H2,(H2,15,21)(H,17,18). The molecule has 0 unspecified atom stereocenters. The van der Waals surface area contributed by atoms with Crippen LogP contribution in [0, 0.1) is 0 Å². The Morgan fingerprint density at radius 2 is 2.05 bits per heavy atom. The number of nitrogens with two attached hydrogens (primary N) is 1. The molecule has 7 heteroatoms. The normalized spacial score (nSPS) is 12.0. The van der Waals surface area contributed by atoms with Crippen molar-refractivity contribution in [3.8, 4) is 11.5 Å². The molecule has 0 bridgehead atoms. The highest BCUT2D eigenvalue weighted by Crippen LogP contribution is 2.34. The Balaban J connectivity index is 1.75. The number of carbonyl (C=O) groups excluding carboxylic acids is 1. The summed E-state index contributed by atoms with van der Waals surface area (Å²) in [4.78, 5) is 16.4. The lowest BCUT2D eigenvalue weighted by Crippen LogP contribution is -2.15. The molecule has 1 aliphatic rings. The molecule has 2 aromatic rings. The topological polar surface area (TPSA) is 86.5 Å². The zero-order valence-electron chi connectivity index (χ0n) is 10.8. The number of thiocarbonyl (C=S) groups is 1. The predicted octanol–water partition coefficient (Wildman–Crippen LogP) is 1.70. The fraction of sp³-hybridized carbons (Fsp3) is 0.0714.